The third-order valence-electron chi connectivity index (χ3n) is 2.81. The zero-order valence-corrected chi connectivity index (χ0v) is 9.22. The molecule has 0 amide bonds. The maximum atomic E-state index is 13.6. The summed E-state index contributed by atoms with van der Waals surface area (Å²) in [6.07, 6.45) is 2.03. The van der Waals surface area contributed by atoms with E-state index in [2.05, 4.69) is 5.32 Å². The lowest BCUT2D eigenvalue weighted by molar-refractivity contribution is 0.120. The first kappa shape index (κ1) is 11.3. The SMILES string of the molecule is Cc1ccc(F)c(NCC2CCCO2)c1F. The molecule has 1 aliphatic rings. The summed E-state index contributed by atoms with van der Waals surface area (Å²) in [5.74, 6) is -1.07. The molecule has 0 radical (unpaired) electrons. The van der Waals surface area contributed by atoms with E-state index in [1.165, 1.54) is 12.1 Å². The van der Waals surface area contributed by atoms with Gasteiger partial charge in [-0.3, -0.25) is 0 Å². The Hall–Kier alpha value is -1.16. The van der Waals surface area contributed by atoms with Crippen LogP contribution >= 0.6 is 0 Å². The first-order valence-electron chi connectivity index (χ1n) is 5.48. The smallest absolute Gasteiger partial charge is 0.152 e. The molecule has 2 rings (SSSR count). The molecule has 16 heavy (non-hydrogen) atoms. The van der Waals surface area contributed by atoms with Crippen molar-refractivity contribution in [2.75, 3.05) is 18.5 Å². The van der Waals surface area contributed by atoms with Crippen LogP contribution in [0, 0.1) is 18.6 Å². The average molecular weight is 227 g/mol. The summed E-state index contributed by atoms with van der Waals surface area (Å²) in [5, 5.41) is 2.79. The van der Waals surface area contributed by atoms with Gasteiger partial charge >= 0.3 is 0 Å². The number of aryl methyl sites for hydroxylation is 1. The third kappa shape index (κ3) is 2.32. The monoisotopic (exact) mass is 227 g/mol. The van der Waals surface area contributed by atoms with Crippen molar-refractivity contribution in [1.82, 2.24) is 0 Å². The quantitative estimate of drug-likeness (QED) is 0.857. The highest BCUT2D eigenvalue weighted by atomic mass is 19.1. The number of rotatable bonds is 3. The molecule has 1 unspecified atom stereocenters. The molecule has 0 aromatic heterocycles. The van der Waals surface area contributed by atoms with Crippen molar-refractivity contribution in [2.45, 2.75) is 25.9 Å². The lowest BCUT2D eigenvalue weighted by Crippen LogP contribution is -2.19. The standard InChI is InChI=1S/C12H15F2NO/c1-8-4-5-10(13)12(11(8)14)15-7-9-3-2-6-16-9/h4-5,9,15H,2-3,6-7H2,1H3. The third-order valence-corrected chi connectivity index (χ3v) is 2.81. The van der Waals surface area contributed by atoms with E-state index in [0.29, 0.717) is 12.1 Å². The van der Waals surface area contributed by atoms with Crippen molar-refractivity contribution in [2.24, 2.45) is 0 Å². The summed E-state index contributed by atoms with van der Waals surface area (Å²) in [6.45, 7) is 2.81. The second kappa shape index (κ2) is 4.78. The van der Waals surface area contributed by atoms with Gasteiger partial charge in [0.1, 0.15) is 11.5 Å². The highest BCUT2D eigenvalue weighted by Crippen LogP contribution is 2.22. The Morgan fingerprint density at radius 1 is 1.44 bits per heavy atom. The zero-order chi connectivity index (χ0) is 11.5. The fourth-order valence-corrected chi connectivity index (χ4v) is 1.84. The molecule has 1 fully saturated rings. The minimum atomic E-state index is -0.555. The molecule has 1 saturated heterocycles. The van der Waals surface area contributed by atoms with Gasteiger partial charge in [0, 0.05) is 13.2 Å². The Balaban J connectivity index is 2.05. The van der Waals surface area contributed by atoms with Crippen molar-refractivity contribution in [3.63, 3.8) is 0 Å². The molecule has 1 aromatic rings. The molecule has 1 aliphatic heterocycles. The van der Waals surface area contributed by atoms with Crippen LogP contribution in [0.2, 0.25) is 0 Å². The highest BCUT2D eigenvalue weighted by Gasteiger charge is 2.17. The summed E-state index contributed by atoms with van der Waals surface area (Å²) >= 11 is 0. The van der Waals surface area contributed by atoms with Gasteiger partial charge in [0.2, 0.25) is 0 Å². The van der Waals surface area contributed by atoms with Crippen molar-refractivity contribution in [1.29, 1.82) is 0 Å². The number of hydrogen-bond acceptors (Lipinski definition) is 2. The van der Waals surface area contributed by atoms with E-state index in [0.717, 1.165) is 19.4 Å². The number of nitrogens with one attached hydrogen (secondary N) is 1. The van der Waals surface area contributed by atoms with Gasteiger partial charge in [-0.1, -0.05) is 6.07 Å². The van der Waals surface area contributed by atoms with E-state index >= 15 is 0 Å². The maximum Gasteiger partial charge on any atom is 0.152 e. The van der Waals surface area contributed by atoms with Crippen molar-refractivity contribution in [3.8, 4) is 0 Å². The fourth-order valence-electron chi connectivity index (χ4n) is 1.84. The minimum Gasteiger partial charge on any atom is -0.378 e. The van der Waals surface area contributed by atoms with Crippen molar-refractivity contribution < 1.29 is 13.5 Å². The van der Waals surface area contributed by atoms with Crippen LogP contribution in [0.25, 0.3) is 0 Å². The first-order valence-corrected chi connectivity index (χ1v) is 5.48. The Morgan fingerprint density at radius 3 is 2.94 bits per heavy atom. The molecule has 0 bridgehead atoms. The van der Waals surface area contributed by atoms with Gasteiger partial charge in [0.05, 0.1) is 6.10 Å². The Kier molecular flexibility index (Phi) is 3.39. The normalized spacial score (nSPS) is 20.1. The molecular formula is C12H15F2NO. The summed E-state index contributed by atoms with van der Waals surface area (Å²) in [7, 11) is 0. The average Bonchev–Trinajstić information content (AvgIpc) is 2.77. The molecule has 1 N–H and O–H groups in total. The highest BCUT2D eigenvalue weighted by molar-refractivity contribution is 5.49. The Morgan fingerprint density at radius 2 is 2.25 bits per heavy atom. The number of benzene rings is 1. The van der Waals surface area contributed by atoms with E-state index in [1.807, 2.05) is 0 Å². The van der Waals surface area contributed by atoms with Gasteiger partial charge in [-0.2, -0.15) is 0 Å². The van der Waals surface area contributed by atoms with Crippen LogP contribution in [0.4, 0.5) is 14.5 Å². The second-order valence-electron chi connectivity index (χ2n) is 4.07. The Labute approximate surface area is 93.6 Å². The van der Waals surface area contributed by atoms with E-state index in [-0.39, 0.29) is 11.8 Å². The minimum absolute atomic E-state index is 0.0458. The molecule has 0 spiro atoms. The molecular weight excluding hydrogens is 212 g/mol. The lowest BCUT2D eigenvalue weighted by Gasteiger charge is -2.13. The largest absolute Gasteiger partial charge is 0.378 e. The zero-order valence-electron chi connectivity index (χ0n) is 9.22. The molecule has 1 aromatic carbocycles. The van der Waals surface area contributed by atoms with Gasteiger partial charge in [-0.25, -0.2) is 8.78 Å². The number of hydrogen-bond donors (Lipinski definition) is 1. The van der Waals surface area contributed by atoms with Crippen LogP contribution in [0.15, 0.2) is 12.1 Å². The summed E-state index contributed by atoms with van der Waals surface area (Å²) in [5.41, 5.74) is 0.395. The lowest BCUT2D eigenvalue weighted by atomic mass is 10.2. The Bertz CT molecular complexity index is 376. The van der Waals surface area contributed by atoms with E-state index < -0.39 is 11.6 Å². The van der Waals surface area contributed by atoms with Crippen molar-refractivity contribution in [3.05, 3.63) is 29.3 Å². The van der Waals surface area contributed by atoms with E-state index in [9.17, 15) is 8.78 Å². The van der Waals surface area contributed by atoms with Crippen LogP contribution < -0.4 is 5.32 Å². The number of halogens is 2. The molecule has 0 saturated carbocycles. The van der Waals surface area contributed by atoms with Gasteiger partial charge in [0.25, 0.3) is 0 Å². The summed E-state index contributed by atoms with van der Waals surface area (Å²) < 4.78 is 32.3. The molecule has 0 aliphatic carbocycles. The molecule has 2 nitrogen and oxygen atoms in total. The van der Waals surface area contributed by atoms with Crippen molar-refractivity contribution >= 4 is 5.69 Å². The summed E-state index contributed by atoms with van der Waals surface area (Å²) in [6, 6.07) is 2.71. The summed E-state index contributed by atoms with van der Waals surface area (Å²) in [4.78, 5) is 0. The van der Waals surface area contributed by atoms with Gasteiger partial charge in [0.15, 0.2) is 5.82 Å². The van der Waals surface area contributed by atoms with E-state index in [4.69, 9.17) is 4.74 Å². The van der Waals surface area contributed by atoms with Crippen LogP contribution in [0.5, 0.6) is 0 Å². The van der Waals surface area contributed by atoms with E-state index in [1.54, 1.807) is 6.92 Å². The fraction of sp³-hybridized carbons (Fsp3) is 0.500. The van der Waals surface area contributed by atoms with Crippen LogP contribution in [0.1, 0.15) is 18.4 Å². The maximum absolute atomic E-state index is 13.6. The number of ether oxygens (including phenoxy) is 1. The molecule has 1 atom stereocenters. The van der Waals surface area contributed by atoms with Gasteiger partial charge in [-0.15, -0.1) is 0 Å². The predicted molar refractivity (Wildman–Crippen MR) is 58.6 cm³/mol. The topological polar surface area (TPSA) is 21.3 Å². The van der Waals surface area contributed by atoms with Crippen LogP contribution in [-0.2, 0) is 4.74 Å². The predicted octanol–water partition coefficient (Wildman–Crippen LogP) is 2.86. The van der Waals surface area contributed by atoms with Crippen LogP contribution in [0.3, 0.4) is 0 Å². The van der Waals surface area contributed by atoms with Gasteiger partial charge < -0.3 is 10.1 Å². The van der Waals surface area contributed by atoms with Gasteiger partial charge in [-0.05, 0) is 31.4 Å². The first-order chi connectivity index (χ1) is 7.68. The molecule has 4 heteroatoms. The molecule has 88 valence electrons. The molecule has 1 heterocycles. The second-order valence-corrected chi connectivity index (χ2v) is 4.07. The van der Waals surface area contributed by atoms with Crippen LogP contribution in [-0.4, -0.2) is 19.3 Å². The number of anilines is 1.